The predicted molar refractivity (Wildman–Crippen MR) is 173 cm³/mol. The molecule has 228 valence electrons. The first kappa shape index (κ1) is 28.1. The lowest BCUT2D eigenvalue weighted by atomic mass is 9.98. The van der Waals surface area contributed by atoms with Gasteiger partial charge in [-0.3, -0.25) is 34.1 Å². The van der Waals surface area contributed by atoms with Crippen LogP contribution in [0.1, 0.15) is 76.3 Å². The van der Waals surface area contributed by atoms with Crippen LogP contribution in [0.2, 0.25) is 0 Å². The van der Waals surface area contributed by atoms with Crippen molar-refractivity contribution < 1.29 is 24.1 Å². The number of aryl methyl sites for hydroxylation is 2. The third-order valence-corrected chi connectivity index (χ3v) is 9.16. The Hall–Kier alpha value is -6.36. The number of nitrogens with one attached hydrogen (secondary N) is 1. The number of aromatic amines is 1. The van der Waals surface area contributed by atoms with Gasteiger partial charge in [0, 0.05) is 22.8 Å². The quantitative estimate of drug-likeness (QED) is 0.112. The summed E-state index contributed by atoms with van der Waals surface area (Å²) in [5.74, 6) is -3.75. The number of ketones is 2. The Balaban J connectivity index is 1.16. The number of allylic oxidation sites excluding steroid dienone is 4. The molecule has 1 aromatic heterocycles. The number of imide groups is 1. The van der Waals surface area contributed by atoms with Crippen LogP contribution < -0.4 is 10.5 Å². The van der Waals surface area contributed by atoms with Gasteiger partial charge in [-0.1, -0.05) is 30.4 Å². The van der Waals surface area contributed by atoms with E-state index in [1.165, 1.54) is 25.1 Å². The standard InChI is InChI=1S/C36H22N4O7/c1-16-11-27(40(46)47)17(2)28-30(16)37-33(38-34(28)43)29-31(41)23-12-20-14-25-26(15-21(20)13-24(23)32(29)42)36(45)39(35(25)44)22-9-7-19(8-10-22)18-5-3-4-6-18/h3,5-15,29H,4H2,1-2H3,(H,37,38,43). The summed E-state index contributed by atoms with van der Waals surface area (Å²) >= 11 is 0. The van der Waals surface area contributed by atoms with Gasteiger partial charge < -0.3 is 4.98 Å². The number of nitrogens with zero attached hydrogens (tertiary/aromatic N) is 3. The molecule has 0 fully saturated rings. The van der Waals surface area contributed by atoms with E-state index in [9.17, 15) is 34.1 Å². The fraction of sp³-hybridized carbons (Fsp3) is 0.111. The number of aromatic nitrogens is 2. The van der Waals surface area contributed by atoms with Gasteiger partial charge in [0.1, 0.15) is 11.7 Å². The molecule has 2 amide bonds. The Morgan fingerprint density at radius 3 is 2.00 bits per heavy atom. The summed E-state index contributed by atoms with van der Waals surface area (Å²) < 4.78 is 0. The first-order chi connectivity index (χ1) is 22.5. The average molecular weight is 623 g/mol. The van der Waals surface area contributed by atoms with Crippen LogP contribution in [0.4, 0.5) is 11.4 Å². The first-order valence-electron chi connectivity index (χ1n) is 14.8. The van der Waals surface area contributed by atoms with Crippen LogP contribution in [0.25, 0.3) is 27.2 Å². The highest BCUT2D eigenvalue weighted by Gasteiger charge is 2.43. The molecule has 11 nitrogen and oxygen atoms in total. The summed E-state index contributed by atoms with van der Waals surface area (Å²) in [7, 11) is 0. The second kappa shape index (κ2) is 9.82. The number of nitro groups is 1. The molecule has 5 aromatic rings. The van der Waals surface area contributed by atoms with Crippen molar-refractivity contribution in [3.05, 3.63) is 138 Å². The van der Waals surface area contributed by atoms with Gasteiger partial charge in [-0.25, -0.2) is 9.88 Å². The van der Waals surface area contributed by atoms with Crippen molar-refractivity contribution in [1.82, 2.24) is 9.97 Å². The van der Waals surface area contributed by atoms with Gasteiger partial charge in [0.15, 0.2) is 11.6 Å². The Morgan fingerprint density at radius 1 is 0.851 bits per heavy atom. The minimum absolute atomic E-state index is 0.0128. The number of anilines is 1. The SMILES string of the molecule is Cc1cc([N+](=O)[O-])c(C)c2c(=O)[nH]c(C3C(=O)c4cc5cc6c(cc5cc4C3=O)C(=O)N(c3ccc(C4=CCC=C4)cc3)C6=O)nc12. The first-order valence-corrected chi connectivity index (χ1v) is 14.8. The molecule has 8 rings (SSSR count). The van der Waals surface area contributed by atoms with E-state index in [0.29, 0.717) is 22.0 Å². The molecule has 0 spiro atoms. The van der Waals surface area contributed by atoms with Gasteiger partial charge >= 0.3 is 0 Å². The van der Waals surface area contributed by atoms with E-state index in [1.807, 2.05) is 18.2 Å². The van der Waals surface area contributed by atoms with Crippen molar-refractivity contribution in [3.63, 3.8) is 0 Å². The zero-order chi connectivity index (χ0) is 32.9. The third kappa shape index (κ3) is 3.99. The second-order valence-electron chi connectivity index (χ2n) is 11.9. The predicted octanol–water partition coefficient (Wildman–Crippen LogP) is 5.91. The van der Waals surface area contributed by atoms with Crippen LogP contribution in [0.5, 0.6) is 0 Å². The molecular weight excluding hydrogens is 600 g/mol. The summed E-state index contributed by atoms with van der Waals surface area (Å²) in [6.45, 7) is 3.01. The van der Waals surface area contributed by atoms with Gasteiger partial charge in [0.05, 0.1) is 32.6 Å². The normalized spacial score (nSPS) is 15.7. The maximum absolute atomic E-state index is 13.7. The fourth-order valence-corrected chi connectivity index (χ4v) is 6.79. The van der Waals surface area contributed by atoms with Gasteiger partial charge in [-0.05, 0) is 84.1 Å². The number of Topliss-reactive ketones (excluding diaryl/α,β-unsaturated/α-hetero) is 2. The van der Waals surface area contributed by atoms with Gasteiger partial charge in [0.25, 0.3) is 23.1 Å². The van der Waals surface area contributed by atoms with Crippen molar-refractivity contribution in [2.45, 2.75) is 26.2 Å². The fourth-order valence-electron chi connectivity index (χ4n) is 6.79. The number of H-pyrrole nitrogens is 1. The lowest BCUT2D eigenvalue weighted by Crippen LogP contribution is -2.29. The maximum atomic E-state index is 13.7. The number of hydrogen-bond donors (Lipinski definition) is 1. The zero-order valence-corrected chi connectivity index (χ0v) is 24.9. The molecule has 2 heterocycles. The number of rotatable bonds is 4. The molecule has 3 aliphatic rings. The molecule has 0 atom stereocenters. The van der Waals surface area contributed by atoms with Crippen molar-refractivity contribution in [3.8, 4) is 0 Å². The van der Waals surface area contributed by atoms with E-state index < -0.39 is 39.8 Å². The molecule has 47 heavy (non-hydrogen) atoms. The second-order valence-corrected chi connectivity index (χ2v) is 11.9. The van der Waals surface area contributed by atoms with Crippen molar-refractivity contribution in [2.75, 3.05) is 4.90 Å². The molecule has 0 bridgehead atoms. The van der Waals surface area contributed by atoms with Crippen LogP contribution >= 0.6 is 0 Å². The Kier molecular flexibility index (Phi) is 5.88. The largest absolute Gasteiger partial charge is 0.309 e. The molecule has 0 saturated heterocycles. The summed E-state index contributed by atoms with van der Waals surface area (Å²) in [5.41, 5.74) is 2.75. The number of fused-ring (bicyclic) bond motifs is 4. The van der Waals surface area contributed by atoms with Crippen molar-refractivity contribution >= 4 is 62.0 Å². The monoisotopic (exact) mass is 622 g/mol. The van der Waals surface area contributed by atoms with Gasteiger partial charge in [0.2, 0.25) is 0 Å². The Bertz CT molecular complexity index is 2410. The lowest BCUT2D eigenvalue weighted by molar-refractivity contribution is -0.385. The molecule has 0 radical (unpaired) electrons. The molecule has 1 aliphatic heterocycles. The summed E-state index contributed by atoms with van der Waals surface area (Å²) in [6, 6.07) is 14.6. The highest BCUT2D eigenvalue weighted by molar-refractivity contribution is 6.36. The minimum atomic E-state index is -1.43. The van der Waals surface area contributed by atoms with E-state index in [2.05, 4.69) is 22.1 Å². The number of carbonyl (C=O) groups is 4. The third-order valence-electron chi connectivity index (χ3n) is 9.16. The molecule has 11 heteroatoms. The topological polar surface area (TPSA) is 160 Å². The number of carbonyl (C=O) groups excluding carboxylic acids is 4. The van der Waals surface area contributed by atoms with Crippen LogP contribution in [0.15, 0.2) is 77.6 Å². The van der Waals surface area contributed by atoms with E-state index in [0.717, 1.165) is 22.5 Å². The number of nitro benzene ring substituents is 1. The lowest BCUT2D eigenvalue weighted by Gasteiger charge is -2.14. The minimum Gasteiger partial charge on any atom is -0.309 e. The molecule has 2 aliphatic carbocycles. The number of amides is 2. The van der Waals surface area contributed by atoms with E-state index in [-0.39, 0.29) is 50.2 Å². The Labute approximate surface area is 265 Å². The summed E-state index contributed by atoms with van der Waals surface area (Å²) in [6.07, 6.45) is 7.02. The van der Waals surface area contributed by atoms with E-state index in [4.69, 9.17) is 0 Å². The highest BCUT2D eigenvalue weighted by atomic mass is 16.6. The molecule has 4 aromatic carbocycles. The summed E-state index contributed by atoms with van der Waals surface area (Å²) in [4.78, 5) is 86.5. The van der Waals surface area contributed by atoms with E-state index >= 15 is 0 Å². The van der Waals surface area contributed by atoms with Crippen molar-refractivity contribution in [1.29, 1.82) is 0 Å². The molecule has 1 N–H and O–H groups in total. The smallest absolute Gasteiger partial charge is 0.273 e. The van der Waals surface area contributed by atoms with Crippen molar-refractivity contribution in [2.24, 2.45) is 0 Å². The molecule has 0 saturated carbocycles. The average Bonchev–Trinajstić information content (AvgIpc) is 3.73. The highest BCUT2D eigenvalue weighted by Crippen LogP contribution is 2.39. The molecular formula is C36H22N4O7. The van der Waals surface area contributed by atoms with E-state index in [1.54, 1.807) is 31.2 Å². The zero-order valence-electron chi connectivity index (χ0n) is 24.9. The number of hydrogen-bond acceptors (Lipinski definition) is 8. The van der Waals surface area contributed by atoms with Crippen LogP contribution in [-0.4, -0.2) is 38.3 Å². The summed E-state index contributed by atoms with van der Waals surface area (Å²) in [5, 5.41) is 12.5. The van der Waals surface area contributed by atoms with Gasteiger partial charge in [-0.15, -0.1) is 0 Å². The van der Waals surface area contributed by atoms with Crippen LogP contribution in [0.3, 0.4) is 0 Å². The maximum Gasteiger partial charge on any atom is 0.273 e. The Morgan fingerprint density at radius 2 is 1.45 bits per heavy atom. The molecule has 0 unspecified atom stereocenters. The van der Waals surface area contributed by atoms with Crippen LogP contribution in [-0.2, 0) is 0 Å². The van der Waals surface area contributed by atoms with Gasteiger partial charge in [-0.2, -0.15) is 0 Å². The van der Waals surface area contributed by atoms with Crippen LogP contribution in [0, 0.1) is 24.0 Å². The number of benzene rings is 4.